The van der Waals surface area contributed by atoms with Crippen LogP contribution in [0.5, 0.6) is 0 Å². The molecule has 1 aliphatic rings. The summed E-state index contributed by atoms with van der Waals surface area (Å²) in [6, 6.07) is 11.2. The van der Waals surface area contributed by atoms with E-state index in [0.29, 0.717) is 0 Å². The Balaban J connectivity index is 1.94. The van der Waals surface area contributed by atoms with Crippen molar-refractivity contribution < 1.29 is 4.92 Å². The zero-order valence-corrected chi connectivity index (χ0v) is 11.9. The van der Waals surface area contributed by atoms with Gasteiger partial charge in [0.1, 0.15) is 0 Å². The molecule has 0 fully saturated rings. The van der Waals surface area contributed by atoms with E-state index in [2.05, 4.69) is 11.0 Å². The average molecular weight is 283 g/mol. The molecule has 0 saturated heterocycles. The molecule has 5 nitrogen and oxygen atoms in total. The molecule has 108 valence electrons. The van der Waals surface area contributed by atoms with E-state index in [1.54, 1.807) is 12.1 Å². The van der Waals surface area contributed by atoms with Crippen LogP contribution in [0.1, 0.15) is 16.7 Å². The van der Waals surface area contributed by atoms with Gasteiger partial charge < -0.3 is 10.6 Å². The van der Waals surface area contributed by atoms with Gasteiger partial charge in [0.25, 0.3) is 5.69 Å². The largest absolute Gasteiger partial charge is 0.398 e. The summed E-state index contributed by atoms with van der Waals surface area (Å²) in [7, 11) is 0. The van der Waals surface area contributed by atoms with Crippen LogP contribution in [0, 0.1) is 17.0 Å². The number of nitrogen functional groups attached to an aromatic ring is 1. The first-order chi connectivity index (χ1) is 10.0. The summed E-state index contributed by atoms with van der Waals surface area (Å²) in [6.07, 6.45) is 0.865. The summed E-state index contributed by atoms with van der Waals surface area (Å²) in [5.41, 5.74) is 11.2. The summed E-state index contributed by atoms with van der Waals surface area (Å²) < 4.78 is 0. The fourth-order valence-electron chi connectivity index (χ4n) is 2.89. The molecule has 0 saturated carbocycles. The van der Waals surface area contributed by atoms with Gasteiger partial charge in [0, 0.05) is 36.6 Å². The van der Waals surface area contributed by atoms with Gasteiger partial charge in [0.2, 0.25) is 0 Å². The number of aryl methyl sites for hydroxylation is 1. The highest BCUT2D eigenvalue weighted by molar-refractivity contribution is 5.59. The number of nitro groups is 1. The van der Waals surface area contributed by atoms with Crippen LogP contribution in [0.15, 0.2) is 36.4 Å². The normalized spacial score (nSPS) is 13.9. The minimum Gasteiger partial charge on any atom is -0.398 e. The first kappa shape index (κ1) is 13.4. The second-order valence-electron chi connectivity index (χ2n) is 5.44. The number of anilines is 2. The highest BCUT2D eigenvalue weighted by Crippen LogP contribution is 2.30. The smallest absolute Gasteiger partial charge is 0.271 e. The molecule has 0 unspecified atom stereocenters. The SMILES string of the molecule is Cc1cc(N2CCc3c(N)cccc3C2)cc([N+](=O)[O-])c1. The Kier molecular flexibility index (Phi) is 3.25. The van der Waals surface area contributed by atoms with Gasteiger partial charge in [-0.15, -0.1) is 0 Å². The van der Waals surface area contributed by atoms with E-state index >= 15 is 0 Å². The summed E-state index contributed by atoms with van der Waals surface area (Å²) >= 11 is 0. The number of non-ortho nitro benzene ring substituents is 1. The van der Waals surface area contributed by atoms with Crippen molar-refractivity contribution in [3.63, 3.8) is 0 Å². The van der Waals surface area contributed by atoms with Gasteiger partial charge in [-0.3, -0.25) is 10.1 Å². The van der Waals surface area contributed by atoms with Crippen LogP contribution < -0.4 is 10.6 Å². The number of nitro benzene ring substituents is 1. The van der Waals surface area contributed by atoms with Crippen molar-refractivity contribution in [2.24, 2.45) is 0 Å². The van der Waals surface area contributed by atoms with Gasteiger partial charge in [0.15, 0.2) is 0 Å². The lowest BCUT2D eigenvalue weighted by Crippen LogP contribution is -2.30. The minimum absolute atomic E-state index is 0.142. The van der Waals surface area contributed by atoms with Crippen LogP contribution >= 0.6 is 0 Å². The van der Waals surface area contributed by atoms with E-state index in [1.165, 1.54) is 11.1 Å². The van der Waals surface area contributed by atoms with E-state index in [4.69, 9.17) is 5.73 Å². The molecule has 2 aromatic carbocycles. The van der Waals surface area contributed by atoms with Crippen LogP contribution in [-0.4, -0.2) is 11.5 Å². The Morgan fingerprint density at radius 1 is 1.29 bits per heavy atom. The Morgan fingerprint density at radius 2 is 2.10 bits per heavy atom. The molecule has 0 amide bonds. The Hall–Kier alpha value is -2.56. The van der Waals surface area contributed by atoms with Crippen molar-refractivity contribution in [3.8, 4) is 0 Å². The van der Waals surface area contributed by atoms with E-state index in [1.807, 2.05) is 25.1 Å². The zero-order chi connectivity index (χ0) is 15.0. The number of nitrogens with two attached hydrogens (primary N) is 1. The number of rotatable bonds is 2. The maximum absolute atomic E-state index is 11.0. The predicted octanol–water partition coefficient (Wildman–Crippen LogP) is 3.05. The molecule has 1 heterocycles. The van der Waals surface area contributed by atoms with Crippen molar-refractivity contribution in [2.45, 2.75) is 19.9 Å². The molecule has 0 aliphatic carbocycles. The molecule has 0 atom stereocenters. The molecule has 0 spiro atoms. The maximum Gasteiger partial charge on any atom is 0.271 e. The molecule has 21 heavy (non-hydrogen) atoms. The third kappa shape index (κ3) is 2.54. The number of hydrogen-bond acceptors (Lipinski definition) is 4. The first-order valence-electron chi connectivity index (χ1n) is 6.92. The molecule has 0 radical (unpaired) electrons. The van der Waals surface area contributed by atoms with Crippen LogP contribution in [-0.2, 0) is 13.0 Å². The fourth-order valence-corrected chi connectivity index (χ4v) is 2.89. The van der Waals surface area contributed by atoms with Gasteiger partial charge >= 0.3 is 0 Å². The molecular weight excluding hydrogens is 266 g/mol. The number of benzene rings is 2. The Bertz CT molecular complexity index is 713. The zero-order valence-electron chi connectivity index (χ0n) is 11.9. The second-order valence-corrected chi connectivity index (χ2v) is 5.44. The number of hydrogen-bond donors (Lipinski definition) is 1. The quantitative estimate of drug-likeness (QED) is 0.522. The summed E-state index contributed by atoms with van der Waals surface area (Å²) in [4.78, 5) is 12.8. The molecule has 5 heteroatoms. The highest BCUT2D eigenvalue weighted by atomic mass is 16.6. The van der Waals surface area contributed by atoms with Crippen LogP contribution in [0.4, 0.5) is 17.1 Å². The van der Waals surface area contributed by atoms with Crippen molar-refractivity contribution >= 4 is 17.1 Å². The minimum atomic E-state index is -0.341. The fraction of sp³-hybridized carbons (Fsp3) is 0.250. The first-order valence-corrected chi connectivity index (χ1v) is 6.92. The number of fused-ring (bicyclic) bond motifs is 1. The standard InChI is InChI=1S/C16H17N3O2/c1-11-7-13(9-14(8-11)19(20)21)18-6-5-15-12(10-18)3-2-4-16(15)17/h2-4,7-9H,5-6,10,17H2,1H3. The van der Waals surface area contributed by atoms with Gasteiger partial charge in [-0.05, 0) is 42.2 Å². The van der Waals surface area contributed by atoms with Crippen molar-refractivity contribution in [3.05, 3.63) is 63.2 Å². The van der Waals surface area contributed by atoms with E-state index < -0.39 is 0 Å². The van der Waals surface area contributed by atoms with Gasteiger partial charge in [-0.25, -0.2) is 0 Å². The molecular formula is C16H17N3O2. The van der Waals surface area contributed by atoms with Crippen molar-refractivity contribution in [2.75, 3.05) is 17.2 Å². The van der Waals surface area contributed by atoms with E-state index in [-0.39, 0.29) is 10.6 Å². The van der Waals surface area contributed by atoms with E-state index in [9.17, 15) is 10.1 Å². The predicted molar refractivity (Wildman–Crippen MR) is 83.4 cm³/mol. The van der Waals surface area contributed by atoms with E-state index in [0.717, 1.165) is 36.4 Å². The van der Waals surface area contributed by atoms with Crippen LogP contribution in [0.3, 0.4) is 0 Å². The van der Waals surface area contributed by atoms with Crippen molar-refractivity contribution in [1.29, 1.82) is 0 Å². The summed E-state index contributed by atoms with van der Waals surface area (Å²) in [5, 5.41) is 11.0. The second kappa shape index (κ2) is 5.09. The molecule has 3 rings (SSSR count). The third-order valence-corrected chi connectivity index (χ3v) is 3.93. The molecule has 2 aromatic rings. The molecule has 0 bridgehead atoms. The lowest BCUT2D eigenvalue weighted by atomic mass is 9.97. The Labute approximate surface area is 123 Å². The molecule has 0 aromatic heterocycles. The number of nitrogens with zero attached hydrogens (tertiary/aromatic N) is 2. The molecule has 1 aliphatic heterocycles. The maximum atomic E-state index is 11.0. The summed E-state index contributed by atoms with van der Waals surface area (Å²) in [5.74, 6) is 0. The van der Waals surface area contributed by atoms with Gasteiger partial charge in [-0.1, -0.05) is 12.1 Å². The Morgan fingerprint density at radius 3 is 2.86 bits per heavy atom. The van der Waals surface area contributed by atoms with Crippen LogP contribution in [0.2, 0.25) is 0 Å². The summed E-state index contributed by atoms with van der Waals surface area (Å²) in [6.45, 7) is 3.44. The van der Waals surface area contributed by atoms with Gasteiger partial charge in [-0.2, -0.15) is 0 Å². The lowest BCUT2D eigenvalue weighted by Gasteiger charge is -2.31. The monoisotopic (exact) mass is 283 g/mol. The highest BCUT2D eigenvalue weighted by Gasteiger charge is 2.20. The topological polar surface area (TPSA) is 72.4 Å². The molecule has 2 N–H and O–H groups in total. The average Bonchev–Trinajstić information content (AvgIpc) is 2.46. The van der Waals surface area contributed by atoms with Crippen molar-refractivity contribution in [1.82, 2.24) is 0 Å². The third-order valence-electron chi connectivity index (χ3n) is 3.93. The van der Waals surface area contributed by atoms with Gasteiger partial charge in [0.05, 0.1) is 4.92 Å². The van der Waals surface area contributed by atoms with Crippen LogP contribution in [0.25, 0.3) is 0 Å². The lowest BCUT2D eigenvalue weighted by molar-refractivity contribution is -0.384.